The van der Waals surface area contributed by atoms with E-state index < -0.39 is 5.97 Å². The molecule has 0 heterocycles. The molecule has 3 aromatic carbocycles. The lowest BCUT2D eigenvalue weighted by Crippen LogP contribution is -2.17. The van der Waals surface area contributed by atoms with Crippen LogP contribution < -0.4 is 0 Å². The maximum absolute atomic E-state index is 12.8. The van der Waals surface area contributed by atoms with Gasteiger partial charge >= 0.3 is 5.97 Å². The molecular formula is C21H15NO3. The largest absolute Gasteiger partial charge is 0.365 e. The fourth-order valence-electron chi connectivity index (χ4n) is 2.26. The summed E-state index contributed by atoms with van der Waals surface area (Å²) in [7, 11) is 0. The van der Waals surface area contributed by atoms with E-state index in [2.05, 4.69) is 5.16 Å². The zero-order valence-corrected chi connectivity index (χ0v) is 13.3. The van der Waals surface area contributed by atoms with Gasteiger partial charge in [-0.05, 0) is 12.1 Å². The molecule has 0 aromatic heterocycles. The number of ketones is 1. The van der Waals surface area contributed by atoms with Crippen molar-refractivity contribution in [1.82, 2.24) is 0 Å². The summed E-state index contributed by atoms with van der Waals surface area (Å²) in [5.41, 5.74) is 1.50. The Morgan fingerprint density at radius 1 is 0.600 bits per heavy atom. The zero-order chi connectivity index (χ0) is 17.5. The predicted octanol–water partition coefficient (Wildman–Crippen LogP) is 4.13. The van der Waals surface area contributed by atoms with Crippen LogP contribution in [0.4, 0.5) is 0 Å². The minimum absolute atomic E-state index is 0.0797. The number of oxime groups is 1. The van der Waals surface area contributed by atoms with E-state index >= 15 is 0 Å². The van der Waals surface area contributed by atoms with Gasteiger partial charge in [-0.1, -0.05) is 84.0 Å². The topological polar surface area (TPSA) is 55.7 Å². The second kappa shape index (κ2) is 7.84. The van der Waals surface area contributed by atoms with Gasteiger partial charge in [-0.3, -0.25) is 4.79 Å². The Hall–Kier alpha value is -3.53. The van der Waals surface area contributed by atoms with Gasteiger partial charge in [-0.25, -0.2) is 4.79 Å². The molecule has 4 nitrogen and oxygen atoms in total. The second-order valence-corrected chi connectivity index (χ2v) is 5.25. The van der Waals surface area contributed by atoms with E-state index in [1.807, 2.05) is 12.1 Å². The summed E-state index contributed by atoms with van der Waals surface area (Å²) in [6.45, 7) is 0. The van der Waals surface area contributed by atoms with Crippen LogP contribution in [0.1, 0.15) is 26.3 Å². The first-order valence-electron chi connectivity index (χ1n) is 7.75. The van der Waals surface area contributed by atoms with Crippen molar-refractivity contribution < 1.29 is 14.4 Å². The summed E-state index contributed by atoms with van der Waals surface area (Å²) >= 11 is 0. The van der Waals surface area contributed by atoms with Crippen molar-refractivity contribution in [3.05, 3.63) is 108 Å². The third kappa shape index (κ3) is 4.06. The molecule has 3 rings (SSSR count). The van der Waals surface area contributed by atoms with Crippen LogP contribution in [0.15, 0.2) is 96.2 Å². The Bertz CT molecular complexity index is 888. The van der Waals surface area contributed by atoms with Gasteiger partial charge in [0.25, 0.3) is 0 Å². The van der Waals surface area contributed by atoms with Crippen molar-refractivity contribution in [3.8, 4) is 0 Å². The summed E-state index contributed by atoms with van der Waals surface area (Å²) < 4.78 is 0. The highest BCUT2D eigenvalue weighted by atomic mass is 16.7. The molecule has 0 spiro atoms. The van der Waals surface area contributed by atoms with E-state index in [0.717, 1.165) is 0 Å². The van der Waals surface area contributed by atoms with E-state index in [1.54, 1.807) is 78.9 Å². The van der Waals surface area contributed by atoms with Crippen LogP contribution in [-0.2, 0) is 4.84 Å². The number of carbonyl (C=O) groups is 2. The molecule has 0 atom stereocenters. The molecule has 0 saturated heterocycles. The highest BCUT2D eigenvalue weighted by Crippen LogP contribution is 2.10. The van der Waals surface area contributed by atoms with Gasteiger partial charge in [0.2, 0.25) is 5.78 Å². The number of nitrogens with zero attached hydrogens (tertiary/aromatic N) is 1. The smallest absolute Gasteiger partial charge is 0.312 e. The van der Waals surface area contributed by atoms with Crippen molar-refractivity contribution in [2.75, 3.05) is 0 Å². The van der Waals surface area contributed by atoms with Gasteiger partial charge in [0, 0.05) is 11.1 Å². The lowest BCUT2D eigenvalue weighted by atomic mass is 10.0. The van der Waals surface area contributed by atoms with Crippen LogP contribution in [0.5, 0.6) is 0 Å². The van der Waals surface area contributed by atoms with Crippen molar-refractivity contribution in [3.63, 3.8) is 0 Å². The van der Waals surface area contributed by atoms with Crippen molar-refractivity contribution in [1.29, 1.82) is 0 Å². The zero-order valence-electron chi connectivity index (χ0n) is 13.3. The van der Waals surface area contributed by atoms with E-state index in [4.69, 9.17) is 4.84 Å². The van der Waals surface area contributed by atoms with Crippen molar-refractivity contribution in [2.24, 2.45) is 5.16 Å². The number of hydrogen-bond acceptors (Lipinski definition) is 4. The standard InChI is InChI=1S/C21H15NO3/c23-20(17-12-6-2-7-13-17)19(16-10-4-1-5-11-16)22-25-21(24)18-14-8-3-9-15-18/h1-15H/b22-19+. The lowest BCUT2D eigenvalue weighted by Gasteiger charge is -2.06. The highest BCUT2D eigenvalue weighted by molar-refractivity contribution is 6.51. The Kier molecular flexibility index (Phi) is 5.12. The summed E-state index contributed by atoms with van der Waals surface area (Å²) in [5, 5.41) is 3.86. The predicted molar refractivity (Wildman–Crippen MR) is 95.6 cm³/mol. The van der Waals surface area contributed by atoms with Gasteiger partial charge < -0.3 is 4.84 Å². The van der Waals surface area contributed by atoms with Crippen molar-refractivity contribution >= 4 is 17.5 Å². The van der Waals surface area contributed by atoms with Crippen LogP contribution in [0.25, 0.3) is 0 Å². The van der Waals surface area contributed by atoms with Gasteiger partial charge in [-0.2, -0.15) is 0 Å². The highest BCUT2D eigenvalue weighted by Gasteiger charge is 2.18. The summed E-state index contributed by atoms with van der Waals surface area (Å²) in [4.78, 5) is 29.9. The van der Waals surface area contributed by atoms with Crippen LogP contribution in [0, 0.1) is 0 Å². The average molecular weight is 329 g/mol. The molecule has 0 bridgehead atoms. The molecular weight excluding hydrogens is 314 g/mol. The molecule has 0 N–H and O–H groups in total. The van der Waals surface area contributed by atoms with Crippen LogP contribution in [-0.4, -0.2) is 17.5 Å². The van der Waals surface area contributed by atoms with Gasteiger partial charge in [0.15, 0.2) is 5.71 Å². The van der Waals surface area contributed by atoms with Crippen LogP contribution in [0.3, 0.4) is 0 Å². The normalized spacial score (nSPS) is 11.0. The van der Waals surface area contributed by atoms with E-state index in [0.29, 0.717) is 16.7 Å². The first-order chi connectivity index (χ1) is 12.3. The Balaban J connectivity index is 1.92. The first-order valence-corrected chi connectivity index (χ1v) is 7.75. The summed E-state index contributed by atoms with van der Waals surface area (Å²) in [6, 6.07) is 26.2. The third-order valence-electron chi connectivity index (χ3n) is 3.53. The monoisotopic (exact) mass is 329 g/mol. The molecule has 0 aliphatic carbocycles. The van der Waals surface area contributed by atoms with Gasteiger partial charge in [-0.15, -0.1) is 0 Å². The number of carbonyl (C=O) groups excluding carboxylic acids is 2. The first kappa shape index (κ1) is 16.3. The molecule has 3 aromatic rings. The van der Waals surface area contributed by atoms with Gasteiger partial charge in [0.1, 0.15) is 0 Å². The molecule has 0 aliphatic rings. The van der Waals surface area contributed by atoms with E-state index in [9.17, 15) is 9.59 Å². The number of benzene rings is 3. The molecule has 0 unspecified atom stereocenters. The lowest BCUT2D eigenvalue weighted by molar-refractivity contribution is 0.0516. The maximum Gasteiger partial charge on any atom is 0.365 e. The number of Topliss-reactive ketones (excluding diaryl/α,β-unsaturated/α-hetero) is 1. The van der Waals surface area contributed by atoms with Gasteiger partial charge in [0.05, 0.1) is 5.56 Å². The quantitative estimate of drug-likeness (QED) is 0.306. The molecule has 0 aliphatic heterocycles. The second-order valence-electron chi connectivity index (χ2n) is 5.25. The Labute approximate surface area is 145 Å². The Morgan fingerprint density at radius 2 is 1.04 bits per heavy atom. The van der Waals surface area contributed by atoms with E-state index in [1.165, 1.54) is 0 Å². The minimum atomic E-state index is -0.616. The fraction of sp³-hybridized carbons (Fsp3) is 0. The molecule has 0 amide bonds. The molecule has 0 radical (unpaired) electrons. The number of rotatable bonds is 5. The van der Waals surface area contributed by atoms with Crippen LogP contribution in [0.2, 0.25) is 0 Å². The van der Waals surface area contributed by atoms with Crippen molar-refractivity contribution in [2.45, 2.75) is 0 Å². The molecule has 0 saturated carbocycles. The van der Waals surface area contributed by atoms with Crippen LogP contribution >= 0.6 is 0 Å². The molecule has 4 heteroatoms. The average Bonchev–Trinajstić information content (AvgIpc) is 2.70. The Morgan fingerprint density at radius 3 is 1.56 bits per heavy atom. The molecule has 25 heavy (non-hydrogen) atoms. The SMILES string of the molecule is O=C(O/N=C(/C(=O)c1ccccc1)c1ccccc1)c1ccccc1. The summed E-state index contributed by atoms with van der Waals surface area (Å²) in [6.07, 6.45) is 0. The maximum atomic E-state index is 12.8. The fourth-order valence-corrected chi connectivity index (χ4v) is 2.26. The minimum Gasteiger partial charge on any atom is -0.312 e. The molecule has 122 valence electrons. The number of hydrogen-bond donors (Lipinski definition) is 0. The molecule has 0 fully saturated rings. The van der Waals surface area contributed by atoms with E-state index in [-0.39, 0.29) is 11.5 Å². The third-order valence-corrected chi connectivity index (χ3v) is 3.53. The summed E-state index contributed by atoms with van der Waals surface area (Å²) in [5.74, 6) is -0.928.